The Bertz CT molecular complexity index is 1460. The molecular formula is C25H18F3N3O3. The number of benzene rings is 2. The van der Waals surface area contributed by atoms with Crippen LogP contribution in [-0.2, 0) is 12.6 Å². The number of ether oxygens (including phenoxy) is 1. The maximum absolute atomic E-state index is 13.5. The summed E-state index contributed by atoms with van der Waals surface area (Å²) in [6, 6.07) is 15.5. The van der Waals surface area contributed by atoms with Crippen LogP contribution in [0, 0.1) is 0 Å². The zero-order valence-corrected chi connectivity index (χ0v) is 17.7. The van der Waals surface area contributed by atoms with E-state index in [4.69, 9.17) is 4.74 Å². The highest BCUT2D eigenvalue weighted by molar-refractivity contribution is 5.93. The van der Waals surface area contributed by atoms with E-state index < -0.39 is 29.3 Å². The first kappa shape index (κ1) is 21.7. The summed E-state index contributed by atoms with van der Waals surface area (Å²) >= 11 is 0. The molecule has 1 aliphatic rings. The van der Waals surface area contributed by atoms with Crippen LogP contribution in [0.5, 0.6) is 5.75 Å². The molecule has 0 bridgehead atoms. The number of fused-ring (bicyclic) bond motifs is 2. The molecule has 5 rings (SSSR count). The Hall–Kier alpha value is -4.14. The Morgan fingerprint density at radius 2 is 1.82 bits per heavy atom. The maximum atomic E-state index is 13.5. The highest BCUT2D eigenvalue weighted by Crippen LogP contribution is 2.43. The zero-order valence-electron chi connectivity index (χ0n) is 17.7. The van der Waals surface area contributed by atoms with Crippen LogP contribution in [0.2, 0.25) is 0 Å². The third-order valence-corrected chi connectivity index (χ3v) is 5.70. The smallest absolute Gasteiger partial charge is 0.417 e. The fourth-order valence-electron chi connectivity index (χ4n) is 4.11. The summed E-state index contributed by atoms with van der Waals surface area (Å²) < 4.78 is 47.9. The highest BCUT2D eigenvalue weighted by Gasteiger charge is 2.35. The molecule has 0 aliphatic carbocycles. The summed E-state index contributed by atoms with van der Waals surface area (Å²) in [7, 11) is 0. The number of halogens is 3. The first-order chi connectivity index (χ1) is 16.3. The van der Waals surface area contributed by atoms with E-state index in [1.807, 2.05) is 0 Å². The molecule has 2 aromatic carbocycles. The third kappa shape index (κ3) is 3.89. The molecule has 0 spiro atoms. The van der Waals surface area contributed by atoms with Crippen LogP contribution in [0.25, 0.3) is 16.8 Å². The summed E-state index contributed by atoms with van der Waals surface area (Å²) in [6.07, 6.45) is -1.84. The fourth-order valence-corrected chi connectivity index (χ4v) is 4.11. The van der Waals surface area contributed by atoms with Gasteiger partial charge < -0.3 is 10.1 Å². The number of nitrogens with one attached hydrogen (secondary N) is 1. The molecule has 1 amide bonds. The van der Waals surface area contributed by atoms with Gasteiger partial charge in [0.2, 0.25) is 0 Å². The molecule has 0 radical (unpaired) electrons. The van der Waals surface area contributed by atoms with Gasteiger partial charge in [0.25, 0.3) is 11.5 Å². The average Bonchev–Trinajstić information content (AvgIpc) is 3.26. The number of nitrogens with zero attached hydrogens (tertiary/aromatic N) is 2. The second kappa shape index (κ2) is 8.33. The van der Waals surface area contributed by atoms with Crippen molar-refractivity contribution in [1.82, 2.24) is 14.7 Å². The van der Waals surface area contributed by atoms with Crippen LogP contribution in [0.4, 0.5) is 13.2 Å². The quantitative estimate of drug-likeness (QED) is 0.492. The first-order valence-corrected chi connectivity index (χ1v) is 10.5. The molecule has 34 heavy (non-hydrogen) atoms. The van der Waals surface area contributed by atoms with Crippen LogP contribution >= 0.6 is 0 Å². The number of hydrogen-bond acceptors (Lipinski definition) is 4. The lowest BCUT2D eigenvalue weighted by atomic mass is 9.96. The van der Waals surface area contributed by atoms with Crippen LogP contribution in [0.15, 0.2) is 77.9 Å². The van der Waals surface area contributed by atoms with Crippen molar-refractivity contribution in [2.24, 2.45) is 0 Å². The Kier molecular flexibility index (Phi) is 5.31. The summed E-state index contributed by atoms with van der Waals surface area (Å²) in [5.74, 6) is -0.233. The van der Waals surface area contributed by atoms with Gasteiger partial charge in [0.1, 0.15) is 23.1 Å². The standard InChI is InChI=1S/C25H18F3N3O3/c26-25(27,28)20-9-2-1-7-17(20)18-8-5-6-15-12-16(34-22(15)18)13-30-23(32)19-14-29-21-10-3-4-11-31(21)24(19)33/h1-11,14,16H,12-13H2,(H,30,32)/t16-/m0/s1. The van der Waals surface area contributed by atoms with E-state index in [0.29, 0.717) is 23.4 Å². The van der Waals surface area contributed by atoms with Gasteiger partial charge in [-0.25, -0.2) is 4.98 Å². The molecule has 2 aromatic heterocycles. The summed E-state index contributed by atoms with van der Waals surface area (Å²) in [6.45, 7) is 0.0742. The second-order valence-corrected chi connectivity index (χ2v) is 7.90. The number of para-hydroxylation sites is 1. The number of carbonyl (C=O) groups excluding carboxylic acids is 1. The molecule has 0 unspecified atom stereocenters. The average molecular weight is 465 g/mol. The van der Waals surface area contributed by atoms with Crippen molar-refractivity contribution in [1.29, 1.82) is 0 Å². The molecule has 1 aliphatic heterocycles. The molecule has 9 heteroatoms. The minimum atomic E-state index is -4.51. The predicted molar refractivity (Wildman–Crippen MR) is 119 cm³/mol. The van der Waals surface area contributed by atoms with Crippen LogP contribution in [0.1, 0.15) is 21.5 Å². The Balaban J connectivity index is 1.35. The highest BCUT2D eigenvalue weighted by atomic mass is 19.4. The molecule has 1 N–H and O–H groups in total. The van der Waals surface area contributed by atoms with Gasteiger partial charge in [-0.3, -0.25) is 14.0 Å². The maximum Gasteiger partial charge on any atom is 0.417 e. The normalized spacial score (nSPS) is 15.1. The lowest BCUT2D eigenvalue weighted by molar-refractivity contribution is -0.137. The summed E-state index contributed by atoms with van der Waals surface area (Å²) in [5, 5.41) is 2.68. The largest absolute Gasteiger partial charge is 0.487 e. The molecule has 0 saturated carbocycles. The molecule has 3 heterocycles. The Labute approximate surface area is 191 Å². The lowest BCUT2D eigenvalue weighted by Crippen LogP contribution is -2.37. The van der Waals surface area contributed by atoms with Gasteiger partial charge in [-0.15, -0.1) is 0 Å². The van der Waals surface area contributed by atoms with Crippen molar-refractivity contribution in [2.75, 3.05) is 6.54 Å². The molecule has 0 saturated heterocycles. The van der Waals surface area contributed by atoms with Gasteiger partial charge in [0, 0.05) is 24.4 Å². The van der Waals surface area contributed by atoms with Gasteiger partial charge in [0.05, 0.1) is 12.1 Å². The van der Waals surface area contributed by atoms with Crippen molar-refractivity contribution in [2.45, 2.75) is 18.7 Å². The van der Waals surface area contributed by atoms with Gasteiger partial charge in [0.15, 0.2) is 0 Å². The minimum Gasteiger partial charge on any atom is -0.487 e. The van der Waals surface area contributed by atoms with Gasteiger partial charge in [-0.05, 0) is 29.3 Å². The van der Waals surface area contributed by atoms with E-state index in [2.05, 4.69) is 10.3 Å². The molecule has 0 fully saturated rings. The third-order valence-electron chi connectivity index (χ3n) is 5.70. The van der Waals surface area contributed by atoms with Gasteiger partial charge >= 0.3 is 6.18 Å². The van der Waals surface area contributed by atoms with E-state index in [-0.39, 0.29) is 17.7 Å². The predicted octanol–water partition coefficient (Wildman–Crippen LogP) is 4.11. The Morgan fingerprint density at radius 1 is 1.06 bits per heavy atom. The lowest BCUT2D eigenvalue weighted by Gasteiger charge is -2.16. The number of amides is 1. The van der Waals surface area contributed by atoms with Crippen molar-refractivity contribution in [3.63, 3.8) is 0 Å². The van der Waals surface area contributed by atoms with Crippen LogP contribution in [0.3, 0.4) is 0 Å². The second-order valence-electron chi connectivity index (χ2n) is 7.90. The van der Waals surface area contributed by atoms with Crippen molar-refractivity contribution in [3.8, 4) is 16.9 Å². The van der Waals surface area contributed by atoms with Gasteiger partial charge in [-0.1, -0.05) is 42.5 Å². The SMILES string of the molecule is O=C(NC[C@@H]1Cc2cccc(-c3ccccc3C(F)(F)F)c2O1)c1cnc2ccccn2c1=O. The molecular weight excluding hydrogens is 447 g/mol. The number of hydrogen-bond donors (Lipinski definition) is 1. The van der Waals surface area contributed by atoms with Gasteiger partial charge in [-0.2, -0.15) is 13.2 Å². The first-order valence-electron chi connectivity index (χ1n) is 10.5. The van der Waals surface area contributed by atoms with Crippen molar-refractivity contribution in [3.05, 3.63) is 100 Å². The van der Waals surface area contributed by atoms with E-state index in [9.17, 15) is 22.8 Å². The molecule has 1 atom stereocenters. The van der Waals surface area contributed by atoms with E-state index in [0.717, 1.165) is 11.6 Å². The number of rotatable bonds is 4. The monoisotopic (exact) mass is 465 g/mol. The fraction of sp³-hybridized carbons (Fsp3) is 0.160. The minimum absolute atomic E-state index is 0.0341. The Morgan fingerprint density at radius 3 is 2.65 bits per heavy atom. The van der Waals surface area contributed by atoms with Crippen LogP contribution < -0.4 is 15.6 Å². The van der Waals surface area contributed by atoms with Crippen LogP contribution in [-0.4, -0.2) is 27.9 Å². The number of alkyl halides is 3. The number of aromatic nitrogens is 2. The summed E-state index contributed by atoms with van der Waals surface area (Å²) in [4.78, 5) is 29.4. The van der Waals surface area contributed by atoms with E-state index in [1.165, 1.54) is 28.9 Å². The topological polar surface area (TPSA) is 72.7 Å². The van der Waals surface area contributed by atoms with E-state index >= 15 is 0 Å². The summed E-state index contributed by atoms with van der Waals surface area (Å²) in [5.41, 5.74) is 0.200. The van der Waals surface area contributed by atoms with Crippen molar-refractivity contribution < 1.29 is 22.7 Å². The van der Waals surface area contributed by atoms with Crippen molar-refractivity contribution >= 4 is 11.6 Å². The number of pyridine rings is 1. The number of carbonyl (C=O) groups is 1. The molecule has 4 aromatic rings. The zero-order chi connectivity index (χ0) is 23.9. The molecule has 6 nitrogen and oxygen atoms in total. The molecule has 172 valence electrons. The van der Waals surface area contributed by atoms with E-state index in [1.54, 1.807) is 42.5 Å².